The minimum Gasteiger partial charge on any atom is -0.479 e. The average Bonchev–Trinajstić information content (AvgIpc) is 2.02. The van der Waals surface area contributed by atoms with Crippen molar-refractivity contribution in [3.05, 3.63) is 0 Å². The molecule has 1 fully saturated rings. The molecule has 0 bridgehead atoms. The number of hydrogen-bond donors (Lipinski definition) is 3. The highest BCUT2D eigenvalue weighted by Crippen LogP contribution is 2.23. The van der Waals surface area contributed by atoms with Gasteiger partial charge in [0, 0.05) is 0 Å². The largest absolute Gasteiger partial charge is 0.479 e. The first-order valence-corrected chi connectivity index (χ1v) is 4.33. The van der Waals surface area contributed by atoms with Crippen LogP contribution in [-0.2, 0) is 14.3 Å². The molecule has 1 saturated heterocycles. The van der Waals surface area contributed by atoms with Crippen molar-refractivity contribution in [2.24, 2.45) is 5.92 Å². The van der Waals surface area contributed by atoms with E-state index in [1.165, 1.54) is 0 Å². The molecule has 1 aliphatic rings. The first-order valence-electron chi connectivity index (χ1n) is 4.33. The Kier molecular flexibility index (Phi) is 3.43. The van der Waals surface area contributed by atoms with Gasteiger partial charge in [-0.05, 0) is 5.92 Å². The molecule has 1 rings (SSSR count). The number of carboxylic acid groups (broad SMARTS) is 1. The fourth-order valence-corrected chi connectivity index (χ4v) is 1.26. The number of carbonyl (C=O) groups is 1. The second-order valence-electron chi connectivity index (χ2n) is 3.52. The first kappa shape index (κ1) is 11.4. The quantitative estimate of drug-likeness (QED) is 0.544. The van der Waals surface area contributed by atoms with Gasteiger partial charge in [0.2, 0.25) is 6.10 Å². The summed E-state index contributed by atoms with van der Waals surface area (Å²) in [6.07, 6.45) is -5.09. The predicted octanol–water partition coefficient (Wildman–Crippen LogP) is -0.852. The van der Waals surface area contributed by atoms with Gasteiger partial charge < -0.3 is 24.8 Å². The number of aliphatic hydroxyl groups excluding tert-OH is 2. The van der Waals surface area contributed by atoms with Gasteiger partial charge in [0.15, 0.2) is 12.6 Å². The van der Waals surface area contributed by atoms with Crippen molar-refractivity contribution in [2.45, 2.75) is 38.6 Å². The van der Waals surface area contributed by atoms with Crippen LogP contribution in [-0.4, -0.2) is 46.1 Å². The molecule has 0 aromatic carbocycles. The van der Waals surface area contributed by atoms with Gasteiger partial charge in [0.25, 0.3) is 0 Å². The number of aliphatic hydroxyl groups is 2. The highest BCUT2D eigenvalue weighted by molar-refractivity contribution is 5.72. The molecule has 4 unspecified atom stereocenters. The summed E-state index contributed by atoms with van der Waals surface area (Å²) in [5.41, 5.74) is 0. The van der Waals surface area contributed by atoms with E-state index in [4.69, 9.17) is 14.9 Å². The van der Waals surface area contributed by atoms with Gasteiger partial charge in [0.05, 0.1) is 0 Å². The van der Waals surface area contributed by atoms with Crippen LogP contribution in [0, 0.1) is 5.92 Å². The van der Waals surface area contributed by atoms with Crippen molar-refractivity contribution in [3.8, 4) is 0 Å². The third-order valence-corrected chi connectivity index (χ3v) is 2.02. The van der Waals surface area contributed by atoms with Crippen LogP contribution >= 0.6 is 0 Å². The van der Waals surface area contributed by atoms with Crippen molar-refractivity contribution in [1.82, 2.24) is 0 Å². The van der Waals surface area contributed by atoms with Gasteiger partial charge in [-0.1, -0.05) is 13.8 Å². The van der Waals surface area contributed by atoms with E-state index < -0.39 is 30.8 Å². The second-order valence-corrected chi connectivity index (χ2v) is 3.52. The maximum atomic E-state index is 10.6. The van der Waals surface area contributed by atoms with Gasteiger partial charge in [-0.2, -0.15) is 0 Å². The fourth-order valence-electron chi connectivity index (χ4n) is 1.26. The Balaban J connectivity index is 2.70. The molecule has 0 amide bonds. The zero-order chi connectivity index (χ0) is 10.9. The van der Waals surface area contributed by atoms with Crippen LogP contribution in [0.5, 0.6) is 0 Å². The standard InChI is InChI=1S/C8H14O6/c1-3(2)4-7(11)14-8(12)5(13-4)6(9)10/h3-5,7-8,11-12H,1-2H3,(H,9,10). The molecular formula is C8H14O6. The smallest absolute Gasteiger partial charge is 0.338 e. The Hall–Kier alpha value is -0.690. The normalized spacial score (nSPS) is 38.6. The van der Waals surface area contributed by atoms with Crippen LogP contribution in [0.1, 0.15) is 13.8 Å². The lowest BCUT2D eigenvalue weighted by Gasteiger charge is -2.37. The molecule has 82 valence electrons. The van der Waals surface area contributed by atoms with E-state index in [9.17, 15) is 9.90 Å². The van der Waals surface area contributed by atoms with E-state index in [-0.39, 0.29) is 5.92 Å². The number of ether oxygens (including phenoxy) is 2. The van der Waals surface area contributed by atoms with Crippen molar-refractivity contribution < 1.29 is 29.6 Å². The summed E-state index contributed by atoms with van der Waals surface area (Å²) in [7, 11) is 0. The summed E-state index contributed by atoms with van der Waals surface area (Å²) in [6, 6.07) is 0. The van der Waals surface area contributed by atoms with Crippen LogP contribution in [0.25, 0.3) is 0 Å². The van der Waals surface area contributed by atoms with Crippen LogP contribution in [0.4, 0.5) is 0 Å². The van der Waals surface area contributed by atoms with Gasteiger partial charge in [-0.15, -0.1) is 0 Å². The number of aliphatic carboxylic acids is 1. The molecule has 14 heavy (non-hydrogen) atoms. The number of hydrogen-bond acceptors (Lipinski definition) is 5. The maximum Gasteiger partial charge on any atom is 0.338 e. The number of rotatable bonds is 2. The zero-order valence-corrected chi connectivity index (χ0v) is 7.95. The summed E-state index contributed by atoms with van der Waals surface area (Å²) in [4.78, 5) is 10.6. The monoisotopic (exact) mass is 206 g/mol. The van der Waals surface area contributed by atoms with E-state index in [2.05, 4.69) is 4.74 Å². The molecule has 0 aromatic heterocycles. The second kappa shape index (κ2) is 4.22. The molecule has 1 aliphatic heterocycles. The van der Waals surface area contributed by atoms with Gasteiger partial charge in [-0.3, -0.25) is 0 Å². The minimum absolute atomic E-state index is 0.0978. The van der Waals surface area contributed by atoms with Crippen molar-refractivity contribution >= 4 is 5.97 Å². The molecule has 6 nitrogen and oxygen atoms in total. The third kappa shape index (κ3) is 2.21. The summed E-state index contributed by atoms with van der Waals surface area (Å²) in [5.74, 6) is -1.41. The molecule has 3 N–H and O–H groups in total. The highest BCUT2D eigenvalue weighted by atomic mass is 16.7. The van der Waals surface area contributed by atoms with Crippen molar-refractivity contribution in [3.63, 3.8) is 0 Å². The topological polar surface area (TPSA) is 96.2 Å². The van der Waals surface area contributed by atoms with E-state index in [1.54, 1.807) is 13.8 Å². The Morgan fingerprint density at radius 2 is 1.79 bits per heavy atom. The van der Waals surface area contributed by atoms with E-state index in [0.29, 0.717) is 0 Å². The first-order chi connectivity index (χ1) is 6.43. The SMILES string of the molecule is CC(C)C1OC(C(=O)O)C(O)OC1O. The van der Waals surface area contributed by atoms with Crippen molar-refractivity contribution in [1.29, 1.82) is 0 Å². The molecule has 0 radical (unpaired) electrons. The Morgan fingerprint density at radius 3 is 2.21 bits per heavy atom. The maximum absolute atomic E-state index is 10.6. The van der Waals surface area contributed by atoms with Crippen molar-refractivity contribution in [2.75, 3.05) is 0 Å². The highest BCUT2D eigenvalue weighted by Gasteiger charge is 2.42. The Morgan fingerprint density at radius 1 is 1.21 bits per heavy atom. The van der Waals surface area contributed by atoms with Crippen LogP contribution in [0.3, 0.4) is 0 Å². The molecule has 0 saturated carbocycles. The molecule has 6 heteroatoms. The lowest BCUT2D eigenvalue weighted by Crippen LogP contribution is -2.54. The fraction of sp³-hybridized carbons (Fsp3) is 0.875. The lowest BCUT2D eigenvalue weighted by atomic mass is 10.1. The molecule has 0 spiro atoms. The van der Waals surface area contributed by atoms with E-state index >= 15 is 0 Å². The van der Waals surface area contributed by atoms with Crippen LogP contribution in [0.2, 0.25) is 0 Å². The average molecular weight is 206 g/mol. The predicted molar refractivity (Wildman–Crippen MR) is 44.2 cm³/mol. The molecule has 1 heterocycles. The summed E-state index contributed by atoms with van der Waals surface area (Å²) < 4.78 is 9.65. The molecule has 0 aromatic rings. The summed E-state index contributed by atoms with van der Waals surface area (Å²) in [6.45, 7) is 3.52. The van der Waals surface area contributed by atoms with Gasteiger partial charge in [0.1, 0.15) is 6.10 Å². The van der Waals surface area contributed by atoms with E-state index in [1.807, 2.05) is 0 Å². The molecule has 4 atom stereocenters. The number of carboxylic acids is 1. The Bertz CT molecular complexity index is 216. The van der Waals surface area contributed by atoms with E-state index in [0.717, 1.165) is 0 Å². The van der Waals surface area contributed by atoms with Crippen LogP contribution in [0.15, 0.2) is 0 Å². The van der Waals surface area contributed by atoms with Gasteiger partial charge >= 0.3 is 5.97 Å². The Labute approximate surface area is 81.1 Å². The van der Waals surface area contributed by atoms with Gasteiger partial charge in [-0.25, -0.2) is 4.79 Å². The minimum atomic E-state index is -1.63. The lowest BCUT2D eigenvalue weighted by molar-refractivity contribution is -0.335. The van der Waals surface area contributed by atoms with Crippen LogP contribution < -0.4 is 0 Å². The third-order valence-electron chi connectivity index (χ3n) is 2.02. The summed E-state index contributed by atoms with van der Waals surface area (Å²) in [5, 5.41) is 27.1. The summed E-state index contributed by atoms with van der Waals surface area (Å²) >= 11 is 0. The molecular weight excluding hydrogens is 192 g/mol. The zero-order valence-electron chi connectivity index (χ0n) is 7.95. The molecule has 0 aliphatic carbocycles.